The van der Waals surface area contributed by atoms with E-state index in [1.165, 1.54) is 6.92 Å². The van der Waals surface area contributed by atoms with Gasteiger partial charge in [0.25, 0.3) is 0 Å². The predicted molar refractivity (Wildman–Crippen MR) is 45.3 cm³/mol. The molecule has 1 aromatic rings. The highest BCUT2D eigenvalue weighted by Crippen LogP contribution is 2.30. The summed E-state index contributed by atoms with van der Waals surface area (Å²) in [7, 11) is 0. The first kappa shape index (κ1) is 12.9. The first-order valence-corrected chi connectivity index (χ1v) is 4.10. The van der Waals surface area contributed by atoms with Crippen molar-refractivity contribution in [2.45, 2.75) is 26.9 Å². The van der Waals surface area contributed by atoms with E-state index in [9.17, 15) is 17.6 Å². The van der Waals surface area contributed by atoms with Crippen LogP contribution in [0.3, 0.4) is 0 Å². The van der Waals surface area contributed by atoms with E-state index < -0.39 is 17.6 Å². The van der Waals surface area contributed by atoms with Gasteiger partial charge in [0.15, 0.2) is 0 Å². The van der Waals surface area contributed by atoms with Crippen LogP contribution in [0.1, 0.15) is 25.1 Å². The molecule has 14 heavy (non-hydrogen) atoms. The molecule has 1 heterocycles. The van der Waals surface area contributed by atoms with E-state index in [1.54, 1.807) is 0 Å². The van der Waals surface area contributed by atoms with Crippen molar-refractivity contribution in [3.8, 4) is 0 Å². The summed E-state index contributed by atoms with van der Waals surface area (Å²) in [6, 6.07) is 0.753. The highest BCUT2D eigenvalue weighted by molar-refractivity contribution is 5.18. The van der Waals surface area contributed by atoms with Crippen LogP contribution in [0.15, 0.2) is 12.3 Å². The fourth-order valence-electron chi connectivity index (χ4n) is 0.735. The van der Waals surface area contributed by atoms with Gasteiger partial charge in [0.05, 0.1) is 0 Å². The lowest BCUT2D eigenvalue weighted by molar-refractivity contribution is -0.140. The Morgan fingerprint density at radius 3 is 2.07 bits per heavy atom. The Morgan fingerprint density at radius 2 is 1.71 bits per heavy atom. The third kappa shape index (κ3) is 3.32. The molecule has 1 aromatic heterocycles. The normalized spacial score (nSPS) is 10.5. The van der Waals surface area contributed by atoms with Crippen molar-refractivity contribution < 1.29 is 17.6 Å². The Balaban J connectivity index is 0.000000791. The van der Waals surface area contributed by atoms with Crippen LogP contribution in [-0.2, 0) is 6.18 Å². The largest absolute Gasteiger partial charge is 0.420 e. The van der Waals surface area contributed by atoms with E-state index in [4.69, 9.17) is 0 Å². The van der Waals surface area contributed by atoms with Crippen LogP contribution < -0.4 is 0 Å². The lowest BCUT2D eigenvalue weighted by Crippen LogP contribution is -2.08. The van der Waals surface area contributed by atoms with Crippen molar-refractivity contribution in [1.82, 2.24) is 4.98 Å². The molecule has 0 radical (unpaired) electrons. The van der Waals surface area contributed by atoms with Gasteiger partial charge < -0.3 is 0 Å². The van der Waals surface area contributed by atoms with E-state index >= 15 is 0 Å². The maximum absolute atomic E-state index is 12.6. The summed E-state index contributed by atoms with van der Waals surface area (Å²) in [5, 5.41) is 0. The third-order valence-corrected chi connectivity index (χ3v) is 1.30. The standard InChI is InChI=1S/C7H5F4N.C2H6/c1-4-2-6(8)5(3-12-4)7(9,10)11;1-2/h2-3H,1H3;1-2H3. The summed E-state index contributed by atoms with van der Waals surface area (Å²) in [5.41, 5.74) is -1.10. The number of aryl methyl sites for hydroxylation is 1. The maximum Gasteiger partial charge on any atom is 0.420 e. The number of nitrogens with zero attached hydrogens (tertiary/aromatic N) is 1. The van der Waals surface area contributed by atoms with E-state index in [1.807, 2.05) is 13.8 Å². The number of hydrogen-bond acceptors (Lipinski definition) is 1. The molecule has 0 atom stereocenters. The zero-order valence-corrected chi connectivity index (χ0v) is 8.11. The summed E-state index contributed by atoms with van der Waals surface area (Å²) in [6.45, 7) is 5.42. The summed E-state index contributed by atoms with van der Waals surface area (Å²) in [4.78, 5) is 3.35. The third-order valence-electron chi connectivity index (χ3n) is 1.30. The molecule has 0 amide bonds. The molecular weight excluding hydrogens is 198 g/mol. The molecule has 0 aromatic carbocycles. The van der Waals surface area contributed by atoms with Crippen LogP contribution in [0.25, 0.3) is 0 Å². The topological polar surface area (TPSA) is 12.9 Å². The van der Waals surface area contributed by atoms with Crippen molar-refractivity contribution in [3.63, 3.8) is 0 Å². The molecule has 0 aliphatic carbocycles. The van der Waals surface area contributed by atoms with Gasteiger partial charge in [-0.05, 0) is 13.0 Å². The van der Waals surface area contributed by atoms with Gasteiger partial charge in [-0.2, -0.15) is 13.2 Å². The molecule has 1 nitrogen and oxygen atoms in total. The molecule has 1 rings (SSSR count). The Kier molecular flexibility index (Phi) is 4.53. The summed E-state index contributed by atoms with van der Waals surface area (Å²) in [5.74, 6) is -1.28. The molecule has 0 unspecified atom stereocenters. The molecule has 0 N–H and O–H groups in total. The molecular formula is C9H11F4N. The van der Waals surface area contributed by atoms with Crippen molar-refractivity contribution in [3.05, 3.63) is 29.3 Å². The van der Waals surface area contributed by atoms with Gasteiger partial charge >= 0.3 is 6.18 Å². The van der Waals surface area contributed by atoms with E-state index in [2.05, 4.69) is 4.98 Å². The van der Waals surface area contributed by atoms with E-state index in [0.717, 1.165) is 6.07 Å². The lowest BCUT2D eigenvalue weighted by Gasteiger charge is -2.06. The molecule has 0 fully saturated rings. The van der Waals surface area contributed by atoms with Gasteiger partial charge in [0.2, 0.25) is 0 Å². The number of pyridine rings is 1. The summed E-state index contributed by atoms with van der Waals surface area (Å²) < 4.78 is 48.3. The van der Waals surface area contributed by atoms with Crippen molar-refractivity contribution in [1.29, 1.82) is 0 Å². The minimum atomic E-state index is -4.66. The monoisotopic (exact) mass is 209 g/mol. The van der Waals surface area contributed by atoms with Gasteiger partial charge in [-0.15, -0.1) is 0 Å². The Hall–Kier alpha value is -1.13. The SMILES string of the molecule is CC.Cc1cc(F)c(C(F)(F)F)cn1. The smallest absolute Gasteiger partial charge is 0.261 e. The second-order valence-corrected chi connectivity index (χ2v) is 2.30. The first-order valence-electron chi connectivity index (χ1n) is 4.10. The van der Waals surface area contributed by atoms with Gasteiger partial charge in [-0.1, -0.05) is 13.8 Å². The first-order chi connectivity index (χ1) is 6.41. The Labute approximate surface area is 79.8 Å². The number of halogens is 4. The minimum absolute atomic E-state index is 0.223. The summed E-state index contributed by atoms with van der Waals surface area (Å²) in [6.07, 6.45) is -4.17. The van der Waals surface area contributed by atoms with Gasteiger partial charge in [0, 0.05) is 11.9 Å². The van der Waals surface area contributed by atoms with Gasteiger partial charge in [0.1, 0.15) is 11.4 Å². The van der Waals surface area contributed by atoms with Crippen molar-refractivity contribution >= 4 is 0 Å². The van der Waals surface area contributed by atoms with Gasteiger partial charge in [-0.3, -0.25) is 4.98 Å². The number of aromatic nitrogens is 1. The zero-order valence-electron chi connectivity index (χ0n) is 8.11. The Morgan fingerprint density at radius 1 is 1.21 bits per heavy atom. The van der Waals surface area contributed by atoms with Gasteiger partial charge in [-0.25, -0.2) is 4.39 Å². The molecule has 0 saturated carbocycles. The lowest BCUT2D eigenvalue weighted by atomic mass is 10.2. The summed E-state index contributed by atoms with van der Waals surface area (Å²) >= 11 is 0. The quantitative estimate of drug-likeness (QED) is 0.595. The average molecular weight is 209 g/mol. The van der Waals surface area contributed by atoms with Crippen LogP contribution in [0.4, 0.5) is 17.6 Å². The highest BCUT2D eigenvalue weighted by atomic mass is 19.4. The van der Waals surface area contributed by atoms with E-state index in [-0.39, 0.29) is 5.69 Å². The minimum Gasteiger partial charge on any atom is -0.261 e. The molecule has 0 saturated heterocycles. The van der Waals surface area contributed by atoms with Crippen LogP contribution in [0.2, 0.25) is 0 Å². The van der Waals surface area contributed by atoms with Crippen LogP contribution in [-0.4, -0.2) is 4.98 Å². The highest BCUT2D eigenvalue weighted by Gasteiger charge is 2.34. The van der Waals surface area contributed by atoms with Crippen LogP contribution >= 0.6 is 0 Å². The second kappa shape index (κ2) is 4.93. The number of alkyl halides is 3. The maximum atomic E-state index is 12.6. The molecule has 0 spiro atoms. The fourth-order valence-corrected chi connectivity index (χ4v) is 0.735. The fraction of sp³-hybridized carbons (Fsp3) is 0.444. The Bertz CT molecular complexity index is 293. The van der Waals surface area contributed by atoms with E-state index in [0.29, 0.717) is 6.20 Å². The van der Waals surface area contributed by atoms with Crippen molar-refractivity contribution in [2.24, 2.45) is 0 Å². The van der Waals surface area contributed by atoms with Crippen LogP contribution in [0, 0.1) is 12.7 Å². The molecule has 0 aliphatic rings. The molecule has 0 bridgehead atoms. The number of hydrogen-bond donors (Lipinski definition) is 0. The zero-order chi connectivity index (χ0) is 11.4. The average Bonchev–Trinajstić information content (AvgIpc) is 2.05. The molecule has 0 aliphatic heterocycles. The molecule has 5 heteroatoms. The van der Waals surface area contributed by atoms with Crippen molar-refractivity contribution in [2.75, 3.05) is 0 Å². The number of rotatable bonds is 0. The molecule has 80 valence electrons. The second-order valence-electron chi connectivity index (χ2n) is 2.30. The predicted octanol–water partition coefficient (Wildman–Crippen LogP) is 3.57. The van der Waals surface area contributed by atoms with Crippen LogP contribution in [0.5, 0.6) is 0 Å².